The first kappa shape index (κ1) is 22.8. The highest BCUT2D eigenvalue weighted by molar-refractivity contribution is 5.95. The molecule has 0 aliphatic carbocycles. The van der Waals surface area contributed by atoms with Crippen LogP contribution < -0.4 is 4.74 Å². The number of ether oxygens (including phenoxy) is 2. The lowest BCUT2D eigenvalue weighted by Crippen LogP contribution is -2.47. The SMILES string of the molecule is CCCc1c(C(=O)N2CCOC(COc3ccc(-n4cncn4)cc3)C2)cnn1-c1ccccc1. The van der Waals surface area contributed by atoms with E-state index in [-0.39, 0.29) is 12.0 Å². The van der Waals surface area contributed by atoms with Crippen molar-refractivity contribution < 1.29 is 14.3 Å². The van der Waals surface area contributed by atoms with Crippen LogP contribution in [0.2, 0.25) is 0 Å². The zero-order chi connectivity index (χ0) is 24.0. The van der Waals surface area contributed by atoms with Crippen molar-refractivity contribution in [1.82, 2.24) is 29.4 Å². The summed E-state index contributed by atoms with van der Waals surface area (Å²) in [5.41, 5.74) is 3.45. The summed E-state index contributed by atoms with van der Waals surface area (Å²) in [7, 11) is 0. The van der Waals surface area contributed by atoms with Crippen LogP contribution in [-0.2, 0) is 11.2 Å². The molecule has 1 aliphatic heterocycles. The molecular formula is C26H28N6O3. The lowest BCUT2D eigenvalue weighted by molar-refractivity contribution is -0.0401. The second kappa shape index (κ2) is 10.5. The molecule has 1 amide bonds. The normalized spacial score (nSPS) is 15.8. The summed E-state index contributed by atoms with van der Waals surface area (Å²) in [6.07, 6.45) is 6.33. The van der Waals surface area contributed by atoms with Crippen molar-refractivity contribution in [2.75, 3.05) is 26.3 Å². The van der Waals surface area contributed by atoms with Gasteiger partial charge in [-0.2, -0.15) is 10.2 Å². The minimum absolute atomic E-state index is 0.0129. The Labute approximate surface area is 203 Å². The molecule has 0 spiro atoms. The van der Waals surface area contributed by atoms with Crippen LogP contribution in [0, 0.1) is 0 Å². The quantitative estimate of drug-likeness (QED) is 0.391. The van der Waals surface area contributed by atoms with Gasteiger partial charge in [0.2, 0.25) is 0 Å². The van der Waals surface area contributed by atoms with Crippen LogP contribution in [0.3, 0.4) is 0 Å². The van der Waals surface area contributed by atoms with E-state index in [1.807, 2.05) is 64.2 Å². The molecule has 1 aliphatic rings. The second-order valence-corrected chi connectivity index (χ2v) is 8.39. The minimum atomic E-state index is -0.207. The first-order valence-electron chi connectivity index (χ1n) is 11.8. The van der Waals surface area contributed by atoms with Gasteiger partial charge in [0.15, 0.2) is 0 Å². The largest absolute Gasteiger partial charge is 0.491 e. The van der Waals surface area contributed by atoms with Gasteiger partial charge in [0.05, 0.1) is 42.0 Å². The topological polar surface area (TPSA) is 87.3 Å². The second-order valence-electron chi connectivity index (χ2n) is 8.39. The molecule has 9 nitrogen and oxygen atoms in total. The third-order valence-electron chi connectivity index (χ3n) is 5.97. The maximum absolute atomic E-state index is 13.5. The van der Waals surface area contributed by atoms with Crippen LogP contribution in [0.15, 0.2) is 73.4 Å². The first-order chi connectivity index (χ1) is 17.2. The van der Waals surface area contributed by atoms with Gasteiger partial charge in [-0.05, 0) is 42.8 Å². The number of carbonyl (C=O) groups excluding carboxylic acids is 1. The lowest BCUT2D eigenvalue weighted by atomic mass is 10.1. The van der Waals surface area contributed by atoms with E-state index < -0.39 is 0 Å². The Morgan fingerprint density at radius 2 is 1.91 bits per heavy atom. The summed E-state index contributed by atoms with van der Waals surface area (Å²) >= 11 is 0. The molecule has 1 unspecified atom stereocenters. The fourth-order valence-corrected chi connectivity index (χ4v) is 4.22. The molecule has 5 rings (SSSR count). The number of hydrogen-bond acceptors (Lipinski definition) is 6. The monoisotopic (exact) mass is 472 g/mol. The van der Waals surface area contributed by atoms with Gasteiger partial charge in [0.25, 0.3) is 5.91 Å². The molecule has 3 heterocycles. The Hall–Kier alpha value is -3.98. The standard InChI is InChI=1S/C26H28N6O3/c1-2-6-25-24(15-28-32(25)21-7-4-3-5-8-21)26(33)30-13-14-34-23(16-30)17-35-22-11-9-20(10-12-22)31-19-27-18-29-31/h3-5,7-12,15,18-19,23H,2,6,13-14,16-17H2,1H3. The molecule has 0 bridgehead atoms. The number of amides is 1. The van der Waals surface area contributed by atoms with E-state index in [0.29, 0.717) is 31.9 Å². The van der Waals surface area contributed by atoms with Crippen molar-refractivity contribution in [3.8, 4) is 17.1 Å². The molecular weight excluding hydrogens is 444 g/mol. The highest BCUT2D eigenvalue weighted by Gasteiger charge is 2.28. The van der Waals surface area contributed by atoms with Crippen LogP contribution in [0.1, 0.15) is 29.4 Å². The summed E-state index contributed by atoms with van der Waals surface area (Å²) in [6, 6.07) is 17.5. The maximum atomic E-state index is 13.5. The Morgan fingerprint density at radius 1 is 1.09 bits per heavy atom. The van der Waals surface area contributed by atoms with Crippen LogP contribution in [0.5, 0.6) is 5.75 Å². The molecule has 0 radical (unpaired) electrons. The highest BCUT2D eigenvalue weighted by Crippen LogP contribution is 2.21. The van der Waals surface area contributed by atoms with Crippen LogP contribution in [0.4, 0.5) is 0 Å². The fraction of sp³-hybridized carbons (Fsp3) is 0.308. The number of morpholine rings is 1. The molecule has 2 aromatic carbocycles. The Balaban J connectivity index is 1.23. The van der Waals surface area contributed by atoms with E-state index in [0.717, 1.165) is 35.7 Å². The zero-order valence-electron chi connectivity index (χ0n) is 19.7. The van der Waals surface area contributed by atoms with Gasteiger partial charge < -0.3 is 14.4 Å². The van der Waals surface area contributed by atoms with E-state index in [2.05, 4.69) is 22.1 Å². The third-order valence-corrected chi connectivity index (χ3v) is 5.97. The van der Waals surface area contributed by atoms with Gasteiger partial charge >= 0.3 is 0 Å². The molecule has 35 heavy (non-hydrogen) atoms. The van der Waals surface area contributed by atoms with E-state index in [9.17, 15) is 4.79 Å². The van der Waals surface area contributed by atoms with Gasteiger partial charge in [-0.15, -0.1) is 0 Å². The summed E-state index contributed by atoms with van der Waals surface area (Å²) in [6.45, 7) is 3.96. The molecule has 1 atom stereocenters. The van der Waals surface area contributed by atoms with Crippen LogP contribution in [0.25, 0.3) is 11.4 Å². The fourth-order valence-electron chi connectivity index (χ4n) is 4.22. The molecule has 4 aromatic rings. The molecule has 1 saturated heterocycles. The highest BCUT2D eigenvalue weighted by atomic mass is 16.5. The average molecular weight is 473 g/mol. The first-order valence-corrected chi connectivity index (χ1v) is 11.8. The maximum Gasteiger partial charge on any atom is 0.257 e. The predicted molar refractivity (Wildman–Crippen MR) is 130 cm³/mol. The van der Waals surface area contributed by atoms with Gasteiger partial charge in [0, 0.05) is 6.54 Å². The molecule has 2 aromatic heterocycles. The number of rotatable bonds is 8. The molecule has 9 heteroatoms. The molecule has 0 N–H and O–H groups in total. The van der Waals surface area contributed by atoms with E-state index in [1.54, 1.807) is 17.2 Å². The van der Waals surface area contributed by atoms with Crippen molar-refractivity contribution in [2.45, 2.75) is 25.9 Å². The average Bonchev–Trinajstić information content (AvgIpc) is 3.59. The number of hydrogen-bond donors (Lipinski definition) is 0. The molecule has 1 fully saturated rings. The van der Waals surface area contributed by atoms with Crippen molar-refractivity contribution >= 4 is 5.91 Å². The summed E-state index contributed by atoms with van der Waals surface area (Å²) in [5, 5.41) is 8.67. The van der Waals surface area contributed by atoms with Gasteiger partial charge in [-0.3, -0.25) is 4.79 Å². The van der Waals surface area contributed by atoms with Gasteiger partial charge in [0.1, 0.15) is 31.1 Å². The Morgan fingerprint density at radius 3 is 2.66 bits per heavy atom. The minimum Gasteiger partial charge on any atom is -0.491 e. The smallest absolute Gasteiger partial charge is 0.257 e. The van der Waals surface area contributed by atoms with E-state index >= 15 is 0 Å². The van der Waals surface area contributed by atoms with Crippen LogP contribution >= 0.6 is 0 Å². The predicted octanol–water partition coefficient (Wildman–Crippen LogP) is 3.33. The summed E-state index contributed by atoms with van der Waals surface area (Å²) in [4.78, 5) is 19.3. The van der Waals surface area contributed by atoms with E-state index in [4.69, 9.17) is 9.47 Å². The lowest BCUT2D eigenvalue weighted by Gasteiger charge is -2.33. The molecule has 180 valence electrons. The molecule has 0 saturated carbocycles. The van der Waals surface area contributed by atoms with Crippen molar-refractivity contribution in [3.63, 3.8) is 0 Å². The number of nitrogens with zero attached hydrogens (tertiary/aromatic N) is 6. The number of benzene rings is 2. The Bertz CT molecular complexity index is 1240. The van der Waals surface area contributed by atoms with Crippen LogP contribution in [-0.4, -0.2) is 67.8 Å². The zero-order valence-corrected chi connectivity index (χ0v) is 19.7. The summed E-state index contributed by atoms with van der Waals surface area (Å²) in [5.74, 6) is 0.719. The van der Waals surface area contributed by atoms with Gasteiger partial charge in [-0.25, -0.2) is 14.3 Å². The third kappa shape index (κ3) is 5.09. The van der Waals surface area contributed by atoms with Crippen molar-refractivity contribution in [2.24, 2.45) is 0 Å². The number of carbonyl (C=O) groups is 1. The van der Waals surface area contributed by atoms with Crippen molar-refractivity contribution in [3.05, 3.63) is 84.7 Å². The van der Waals surface area contributed by atoms with Crippen molar-refractivity contribution in [1.29, 1.82) is 0 Å². The Kier molecular flexibility index (Phi) is 6.85. The number of aromatic nitrogens is 5. The van der Waals surface area contributed by atoms with E-state index in [1.165, 1.54) is 6.33 Å². The van der Waals surface area contributed by atoms with Gasteiger partial charge in [-0.1, -0.05) is 31.5 Å². The summed E-state index contributed by atoms with van der Waals surface area (Å²) < 4.78 is 15.4. The number of para-hydroxylation sites is 1.